The van der Waals surface area contributed by atoms with Crippen molar-refractivity contribution in [1.82, 2.24) is 9.46 Å². The van der Waals surface area contributed by atoms with Crippen molar-refractivity contribution in [2.45, 2.75) is 45.3 Å². The largest absolute Gasteiger partial charge is 0.391 e. The van der Waals surface area contributed by atoms with E-state index in [1.54, 1.807) is 13.0 Å². The highest BCUT2D eigenvalue weighted by Crippen LogP contribution is 2.34. The third-order valence-corrected chi connectivity index (χ3v) is 4.67. The molecule has 1 aromatic carbocycles. The molecule has 0 N–H and O–H groups in total. The summed E-state index contributed by atoms with van der Waals surface area (Å²) in [5.74, 6) is 6.12. The summed E-state index contributed by atoms with van der Waals surface area (Å²) in [6.07, 6.45) is 1.12. The second-order valence-electron chi connectivity index (χ2n) is 6.57. The third-order valence-electron chi connectivity index (χ3n) is 3.91. The van der Waals surface area contributed by atoms with Gasteiger partial charge in [0.05, 0.1) is 12.5 Å². The Morgan fingerprint density at radius 3 is 2.96 bits per heavy atom. The summed E-state index contributed by atoms with van der Waals surface area (Å²) in [5, 5.41) is 8.84. The van der Waals surface area contributed by atoms with E-state index in [1.165, 1.54) is 12.1 Å². The smallest absolute Gasteiger partial charge is 0.246 e. The van der Waals surface area contributed by atoms with Crippen molar-refractivity contribution in [2.75, 3.05) is 7.05 Å². The maximum atomic E-state index is 13.4. The van der Waals surface area contributed by atoms with Gasteiger partial charge in [-0.15, -0.1) is 11.8 Å². The number of hydrogen-bond acceptors (Lipinski definition) is 7. The molecule has 0 saturated heterocycles. The Morgan fingerprint density at radius 2 is 2.27 bits per heavy atom. The van der Waals surface area contributed by atoms with Crippen LogP contribution in [-0.2, 0) is 9.02 Å². The van der Waals surface area contributed by atoms with Crippen LogP contribution < -0.4 is 0 Å². The number of fused-ring (bicyclic) bond motifs is 1. The zero-order valence-corrected chi connectivity index (χ0v) is 15.9. The van der Waals surface area contributed by atoms with Gasteiger partial charge in [0, 0.05) is 24.9 Å². The van der Waals surface area contributed by atoms with E-state index in [1.807, 2.05) is 25.2 Å². The second-order valence-corrected chi connectivity index (χ2v) is 7.46. The number of hydrogen-bond donors (Lipinski definition) is 0. The molecule has 6 nitrogen and oxygen atoms in total. The van der Waals surface area contributed by atoms with Crippen LogP contribution in [0.3, 0.4) is 0 Å². The molecule has 1 unspecified atom stereocenters. The van der Waals surface area contributed by atoms with Gasteiger partial charge in [-0.2, -0.15) is 0 Å². The molecule has 0 bridgehead atoms. The Balaban J connectivity index is 1.77. The molecule has 138 valence electrons. The molecule has 8 heteroatoms. The Kier molecular flexibility index (Phi) is 5.39. The first kappa shape index (κ1) is 18.5. The zero-order valence-electron chi connectivity index (χ0n) is 15.1. The molecule has 0 saturated carbocycles. The number of oxime groups is 1. The van der Waals surface area contributed by atoms with E-state index in [0.29, 0.717) is 30.0 Å². The van der Waals surface area contributed by atoms with Crippen LogP contribution in [0.15, 0.2) is 27.9 Å². The lowest BCUT2D eigenvalue weighted by molar-refractivity contribution is 0.0123. The summed E-state index contributed by atoms with van der Waals surface area (Å²) in [4.78, 5) is 5.30. The molecule has 0 spiro atoms. The van der Waals surface area contributed by atoms with Gasteiger partial charge in [-0.1, -0.05) is 10.3 Å². The lowest BCUT2D eigenvalue weighted by Crippen LogP contribution is -2.21. The van der Waals surface area contributed by atoms with E-state index in [9.17, 15) is 4.39 Å². The molecule has 0 aliphatic carbocycles. The average Bonchev–Trinajstić information content (AvgIpc) is 3.16. The van der Waals surface area contributed by atoms with Crippen LogP contribution >= 0.6 is 12.2 Å². The Hall–Kier alpha value is -2.24. The van der Waals surface area contributed by atoms with Crippen molar-refractivity contribution < 1.29 is 17.9 Å². The lowest BCUT2D eigenvalue weighted by Gasteiger charge is -2.22. The van der Waals surface area contributed by atoms with Gasteiger partial charge in [-0.3, -0.25) is 0 Å². The van der Waals surface area contributed by atoms with Crippen molar-refractivity contribution in [3.05, 3.63) is 29.7 Å². The fraction of sp³-hybridized carbons (Fsp3) is 0.444. The van der Waals surface area contributed by atoms with Gasteiger partial charge in [0.25, 0.3) is 0 Å². The van der Waals surface area contributed by atoms with Crippen molar-refractivity contribution in [3.8, 4) is 11.8 Å². The van der Waals surface area contributed by atoms with E-state index in [2.05, 4.69) is 22.2 Å². The molecule has 1 atom stereocenters. The third kappa shape index (κ3) is 4.11. The molecule has 3 rings (SSSR count). The molecule has 0 radical (unpaired) electrons. The van der Waals surface area contributed by atoms with Crippen LogP contribution in [0.5, 0.6) is 0 Å². The fourth-order valence-electron chi connectivity index (χ4n) is 2.57. The van der Waals surface area contributed by atoms with Gasteiger partial charge >= 0.3 is 0 Å². The van der Waals surface area contributed by atoms with Gasteiger partial charge in [0.2, 0.25) is 5.90 Å². The lowest BCUT2D eigenvalue weighted by atomic mass is 10.1. The van der Waals surface area contributed by atoms with E-state index in [0.717, 1.165) is 17.6 Å². The minimum atomic E-state index is -0.363. The van der Waals surface area contributed by atoms with Crippen molar-refractivity contribution in [2.24, 2.45) is 5.16 Å². The van der Waals surface area contributed by atoms with Gasteiger partial charge in [0.1, 0.15) is 29.3 Å². The molecule has 0 fully saturated rings. The molecule has 26 heavy (non-hydrogen) atoms. The summed E-state index contributed by atoms with van der Waals surface area (Å²) < 4.78 is 26.3. The summed E-state index contributed by atoms with van der Waals surface area (Å²) in [7, 11) is 1.87. The van der Waals surface area contributed by atoms with Crippen LogP contribution in [0.1, 0.15) is 45.3 Å². The van der Waals surface area contributed by atoms with Crippen LogP contribution in [0.4, 0.5) is 4.39 Å². The van der Waals surface area contributed by atoms with Gasteiger partial charge in [0.15, 0.2) is 5.58 Å². The minimum Gasteiger partial charge on any atom is -0.391 e. The predicted molar refractivity (Wildman–Crippen MR) is 98.4 cm³/mol. The Labute approximate surface area is 156 Å². The number of halogens is 1. The van der Waals surface area contributed by atoms with E-state index in [4.69, 9.17) is 13.5 Å². The van der Waals surface area contributed by atoms with Crippen LogP contribution in [0, 0.1) is 17.7 Å². The molecule has 2 heterocycles. The van der Waals surface area contributed by atoms with Gasteiger partial charge < -0.3 is 13.5 Å². The molecule has 1 aromatic heterocycles. The van der Waals surface area contributed by atoms with Crippen molar-refractivity contribution in [3.63, 3.8) is 0 Å². The van der Waals surface area contributed by atoms with Crippen LogP contribution in [0.2, 0.25) is 0 Å². The molecule has 0 amide bonds. The Morgan fingerprint density at radius 1 is 1.46 bits per heavy atom. The van der Waals surface area contributed by atoms with Crippen molar-refractivity contribution >= 4 is 29.1 Å². The standard InChI is InChI=1S/C18H20FN3O3S/c1-5-6-7-14(17-13-9-8-12(19)10-15(13)23-21-17)22(4)26-24-16-11-18(2,3)25-20-16/h8-10,14H,7,11H2,1-4H3. The molecule has 1 aliphatic heterocycles. The maximum Gasteiger partial charge on any atom is 0.246 e. The van der Waals surface area contributed by atoms with Crippen LogP contribution in [0.25, 0.3) is 11.0 Å². The first-order valence-corrected chi connectivity index (χ1v) is 8.86. The predicted octanol–water partition coefficient (Wildman–Crippen LogP) is 4.45. The maximum absolute atomic E-state index is 13.4. The summed E-state index contributed by atoms with van der Waals surface area (Å²) in [6, 6.07) is 4.18. The van der Waals surface area contributed by atoms with Gasteiger partial charge in [-0.05, 0) is 32.9 Å². The average molecular weight is 377 g/mol. The monoisotopic (exact) mass is 377 g/mol. The normalized spacial score (nSPS) is 16.8. The highest BCUT2D eigenvalue weighted by Gasteiger charge is 2.32. The first-order chi connectivity index (χ1) is 12.4. The topological polar surface area (TPSA) is 60.1 Å². The van der Waals surface area contributed by atoms with E-state index < -0.39 is 0 Å². The molecule has 2 aromatic rings. The van der Waals surface area contributed by atoms with E-state index >= 15 is 0 Å². The quantitative estimate of drug-likeness (QED) is 0.436. The van der Waals surface area contributed by atoms with Gasteiger partial charge in [-0.25, -0.2) is 8.70 Å². The first-order valence-electron chi connectivity index (χ1n) is 8.16. The highest BCUT2D eigenvalue weighted by molar-refractivity contribution is 7.92. The SMILES string of the molecule is CC#CCC(c1noc2cc(F)ccc12)N(C)SOC1=NOC(C)(C)C1. The number of nitrogens with zero attached hydrogens (tertiary/aromatic N) is 3. The second kappa shape index (κ2) is 7.56. The number of benzene rings is 1. The summed E-state index contributed by atoms with van der Waals surface area (Å²) in [6.45, 7) is 5.67. The molecule has 1 aliphatic rings. The number of aromatic nitrogens is 1. The highest BCUT2D eigenvalue weighted by atomic mass is 32.2. The number of rotatable bonds is 5. The zero-order chi connectivity index (χ0) is 18.7. The van der Waals surface area contributed by atoms with E-state index in [-0.39, 0.29) is 17.5 Å². The van der Waals surface area contributed by atoms with Crippen molar-refractivity contribution in [1.29, 1.82) is 0 Å². The molecular formula is C18H20FN3O3S. The summed E-state index contributed by atoms with van der Waals surface area (Å²) in [5.41, 5.74) is 0.740. The fourth-order valence-corrected chi connectivity index (χ4v) is 3.14. The van der Waals surface area contributed by atoms with Crippen LogP contribution in [-0.4, -0.2) is 28.0 Å². The Bertz CT molecular complexity index is 885. The molecular weight excluding hydrogens is 357 g/mol. The summed E-state index contributed by atoms with van der Waals surface area (Å²) >= 11 is 1.14. The minimum absolute atomic E-state index is 0.199.